The van der Waals surface area contributed by atoms with E-state index in [4.69, 9.17) is 5.11 Å². The van der Waals surface area contributed by atoms with Gasteiger partial charge in [0.05, 0.1) is 5.69 Å². The van der Waals surface area contributed by atoms with Gasteiger partial charge < -0.3 is 10.4 Å². The molecule has 1 amide bonds. The van der Waals surface area contributed by atoms with E-state index in [-0.39, 0.29) is 18.1 Å². The Bertz CT molecular complexity index is 726. The van der Waals surface area contributed by atoms with E-state index < -0.39 is 5.97 Å². The molecule has 0 aliphatic carbocycles. The topological polar surface area (TPSA) is 84.2 Å². The number of aliphatic carboxylic acids is 1. The van der Waals surface area contributed by atoms with Crippen LogP contribution >= 0.6 is 0 Å². The van der Waals surface area contributed by atoms with Crippen LogP contribution in [-0.2, 0) is 4.79 Å². The lowest BCUT2D eigenvalue weighted by atomic mass is 10.1. The number of carbonyl (C=O) groups is 2. The number of aryl methyl sites for hydroxylation is 1. The summed E-state index contributed by atoms with van der Waals surface area (Å²) in [5, 5.41) is 15.7. The van der Waals surface area contributed by atoms with Gasteiger partial charge in [0, 0.05) is 24.7 Å². The number of halogens is 1. The first kappa shape index (κ1) is 18.6. The lowest BCUT2D eigenvalue weighted by Gasteiger charge is -2.04. The molecule has 0 saturated carbocycles. The van der Waals surface area contributed by atoms with Crippen molar-refractivity contribution in [2.75, 3.05) is 6.54 Å². The third-order valence-electron chi connectivity index (χ3n) is 3.81. The maximum absolute atomic E-state index is 13.0. The number of nitrogens with zero attached hydrogens (tertiary/aromatic N) is 2. The highest BCUT2D eigenvalue weighted by Gasteiger charge is 2.14. The summed E-state index contributed by atoms with van der Waals surface area (Å²) in [6.07, 6.45) is 5.07. The van der Waals surface area contributed by atoms with Crippen molar-refractivity contribution in [3.05, 3.63) is 47.5 Å². The molecule has 0 aliphatic heterocycles. The largest absolute Gasteiger partial charge is 0.481 e. The van der Waals surface area contributed by atoms with Gasteiger partial charge in [-0.1, -0.05) is 12.8 Å². The van der Waals surface area contributed by atoms with E-state index in [1.54, 1.807) is 29.9 Å². The minimum absolute atomic E-state index is 0.187. The molecule has 7 heteroatoms. The van der Waals surface area contributed by atoms with Crippen molar-refractivity contribution in [1.82, 2.24) is 15.1 Å². The number of carboxylic acid groups (broad SMARTS) is 1. The van der Waals surface area contributed by atoms with Gasteiger partial charge in [0.2, 0.25) is 0 Å². The normalized spacial score (nSPS) is 10.6. The third kappa shape index (κ3) is 5.70. The van der Waals surface area contributed by atoms with Crippen LogP contribution in [0.15, 0.2) is 30.5 Å². The van der Waals surface area contributed by atoms with Crippen LogP contribution in [0.5, 0.6) is 0 Å². The van der Waals surface area contributed by atoms with Crippen molar-refractivity contribution in [1.29, 1.82) is 0 Å². The number of unbranched alkanes of at least 4 members (excludes halogenated alkanes) is 3. The molecule has 0 fully saturated rings. The van der Waals surface area contributed by atoms with Gasteiger partial charge in [0.25, 0.3) is 5.91 Å². The minimum atomic E-state index is -0.777. The molecule has 2 N–H and O–H groups in total. The molecular weight excluding hydrogens is 325 g/mol. The first-order valence-corrected chi connectivity index (χ1v) is 8.29. The maximum atomic E-state index is 13.0. The van der Waals surface area contributed by atoms with Crippen LogP contribution in [0.2, 0.25) is 0 Å². The average molecular weight is 347 g/mol. The quantitative estimate of drug-likeness (QED) is 0.683. The zero-order valence-electron chi connectivity index (χ0n) is 14.2. The third-order valence-corrected chi connectivity index (χ3v) is 3.81. The summed E-state index contributed by atoms with van der Waals surface area (Å²) >= 11 is 0. The van der Waals surface area contributed by atoms with Gasteiger partial charge in [-0.05, 0) is 44.0 Å². The molecule has 25 heavy (non-hydrogen) atoms. The molecule has 2 aromatic rings. The summed E-state index contributed by atoms with van der Waals surface area (Å²) < 4.78 is 14.5. The summed E-state index contributed by atoms with van der Waals surface area (Å²) in [5.74, 6) is -1.35. The minimum Gasteiger partial charge on any atom is -0.481 e. The predicted molar refractivity (Wildman–Crippen MR) is 91.3 cm³/mol. The maximum Gasteiger partial charge on any atom is 0.303 e. The van der Waals surface area contributed by atoms with Gasteiger partial charge in [-0.3, -0.25) is 9.59 Å². The second-order valence-electron chi connectivity index (χ2n) is 5.90. The van der Waals surface area contributed by atoms with Gasteiger partial charge in [-0.25, -0.2) is 9.07 Å². The van der Waals surface area contributed by atoms with E-state index in [0.29, 0.717) is 24.3 Å². The van der Waals surface area contributed by atoms with Crippen LogP contribution in [-0.4, -0.2) is 33.3 Å². The molecule has 1 aromatic heterocycles. The molecule has 1 heterocycles. The van der Waals surface area contributed by atoms with Crippen molar-refractivity contribution in [3.63, 3.8) is 0 Å². The van der Waals surface area contributed by atoms with Gasteiger partial charge in [0.15, 0.2) is 5.69 Å². The number of hydrogen-bond donors (Lipinski definition) is 2. The second kappa shape index (κ2) is 8.96. The average Bonchev–Trinajstić information content (AvgIpc) is 2.96. The fourth-order valence-corrected chi connectivity index (χ4v) is 2.45. The van der Waals surface area contributed by atoms with E-state index >= 15 is 0 Å². The highest BCUT2D eigenvalue weighted by Crippen LogP contribution is 2.12. The molecule has 1 aromatic carbocycles. The summed E-state index contributed by atoms with van der Waals surface area (Å²) in [6, 6.07) is 5.88. The Hall–Kier alpha value is -2.70. The lowest BCUT2D eigenvalue weighted by Crippen LogP contribution is -2.25. The fraction of sp³-hybridized carbons (Fsp3) is 0.389. The van der Waals surface area contributed by atoms with E-state index in [9.17, 15) is 14.0 Å². The number of rotatable bonds is 9. The Kier molecular flexibility index (Phi) is 6.68. The van der Waals surface area contributed by atoms with Crippen molar-refractivity contribution >= 4 is 11.9 Å². The summed E-state index contributed by atoms with van der Waals surface area (Å²) in [5.41, 5.74) is 1.76. The summed E-state index contributed by atoms with van der Waals surface area (Å²) in [4.78, 5) is 22.6. The highest BCUT2D eigenvalue weighted by atomic mass is 19.1. The van der Waals surface area contributed by atoms with Crippen LogP contribution in [0.1, 0.15) is 48.2 Å². The molecular formula is C18H22FN3O3. The number of nitrogens with one attached hydrogen (secondary N) is 1. The fourth-order valence-electron chi connectivity index (χ4n) is 2.45. The molecule has 0 aliphatic rings. The number of aromatic nitrogens is 2. The molecule has 0 atom stereocenters. The molecule has 0 spiro atoms. The number of carboxylic acids is 1. The Morgan fingerprint density at radius 1 is 1.16 bits per heavy atom. The van der Waals surface area contributed by atoms with Gasteiger partial charge in [-0.15, -0.1) is 0 Å². The van der Waals surface area contributed by atoms with Crippen molar-refractivity contribution in [2.45, 2.75) is 39.0 Å². The Balaban J connectivity index is 1.82. The molecule has 0 bridgehead atoms. The number of benzene rings is 1. The zero-order chi connectivity index (χ0) is 18.2. The summed E-state index contributed by atoms with van der Waals surface area (Å²) in [6.45, 7) is 2.32. The van der Waals surface area contributed by atoms with E-state index in [1.807, 2.05) is 0 Å². The van der Waals surface area contributed by atoms with Crippen molar-refractivity contribution < 1.29 is 19.1 Å². The predicted octanol–water partition coefficient (Wildman–Crippen LogP) is 3.08. The molecule has 0 saturated heterocycles. The Labute approximate surface area is 145 Å². The highest BCUT2D eigenvalue weighted by molar-refractivity contribution is 5.93. The van der Waals surface area contributed by atoms with Gasteiger partial charge >= 0.3 is 5.97 Å². The first-order valence-electron chi connectivity index (χ1n) is 8.29. The Morgan fingerprint density at radius 2 is 1.84 bits per heavy atom. The lowest BCUT2D eigenvalue weighted by molar-refractivity contribution is -0.137. The van der Waals surface area contributed by atoms with E-state index in [1.165, 1.54) is 12.1 Å². The van der Waals surface area contributed by atoms with Crippen LogP contribution in [0.3, 0.4) is 0 Å². The second-order valence-corrected chi connectivity index (χ2v) is 5.90. The van der Waals surface area contributed by atoms with Crippen LogP contribution < -0.4 is 5.32 Å². The van der Waals surface area contributed by atoms with Crippen molar-refractivity contribution in [3.8, 4) is 5.69 Å². The number of carbonyl (C=O) groups excluding carboxylic acids is 1. The number of hydrogen-bond acceptors (Lipinski definition) is 3. The summed E-state index contributed by atoms with van der Waals surface area (Å²) in [7, 11) is 0. The zero-order valence-corrected chi connectivity index (χ0v) is 14.2. The molecule has 2 rings (SSSR count). The SMILES string of the molecule is Cc1cn(-c2ccc(F)cc2)nc1C(=O)NCCCCCCC(=O)O. The smallest absolute Gasteiger partial charge is 0.303 e. The van der Waals surface area contributed by atoms with Crippen LogP contribution in [0, 0.1) is 12.7 Å². The molecule has 6 nitrogen and oxygen atoms in total. The standard InChI is InChI=1S/C18H22FN3O3/c1-13-12-22(15-9-7-14(19)8-10-15)21-17(13)18(25)20-11-5-3-2-4-6-16(23)24/h7-10,12H,2-6,11H2,1H3,(H,20,25)(H,23,24). The van der Waals surface area contributed by atoms with E-state index in [0.717, 1.165) is 24.8 Å². The van der Waals surface area contributed by atoms with Gasteiger partial charge in [0.1, 0.15) is 5.82 Å². The molecule has 134 valence electrons. The molecule has 0 radical (unpaired) electrons. The van der Waals surface area contributed by atoms with E-state index in [2.05, 4.69) is 10.4 Å². The number of amides is 1. The monoisotopic (exact) mass is 347 g/mol. The van der Waals surface area contributed by atoms with Crippen LogP contribution in [0.25, 0.3) is 5.69 Å². The molecule has 0 unspecified atom stereocenters. The van der Waals surface area contributed by atoms with Crippen LogP contribution in [0.4, 0.5) is 4.39 Å². The van der Waals surface area contributed by atoms with Gasteiger partial charge in [-0.2, -0.15) is 5.10 Å². The first-order chi connectivity index (χ1) is 12.0. The van der Waals surface area contributed by atoms with Crippen molar-refractivity contribution in [2.24, 2.45) is 0 Å². The Morgan fingerprint density at radius 3 is 2.52 bits per heavy atom.